The Bertz CT molecular complexity index is 1140. The van der Waals surface area contributed by atoms with Crippen molar-refractivity contribution < 1.29 is 38.2 Å². The second-order valence-electron chi connectivity index (χ2n) is 18.0. The number of hydrogen-bond acceptors (Lipinski definition) is 6. The number of carbonyl (C=O) groups is 3. The fourth-order valence-electron chi connectivity index (χ4n) is 7.34. The minimum absolute atomic E-state index is 0.0558. The van der Waals surface area contributed by atoms with Crippen molar-refractivity contribution in [3.05, 3.63) is 48.6 Å². The van der Waals surface area contributed by atoms with Gasteiger partial charge in [0.1, 0.15) is 6.61 Å². The van der Waals surface area contributed by atoms with Gasteiger partial charge in [-0.3, -0.25) is 9.59 Å². The van der Waals surface area contributed by atoms with Crippen LogP contribution in [0.4, 0.5) is 0 Å². The molecule has 0 amide bonds. The molecule has 0 saturated carbocycles. The highest BCUT2D eigenvalue weighted by Gasteiger charge is 2.31. The molecular weight excluding hydrogens is 763 g/mol. The number of esters is 2. The number of hydrogen-bond donors (Lipinski definition) is 1. The Morgan fingerprint density at radius 2 is 0.918 bits per heavy atom. The maximum absolute atomic E-state index is 12.7. The minimum Gasteiger partial charge on any atom is -0.477 e. The van der Waals surface area contributed by atoms with Gasteiger partial charge in [-0.2, -0.15) is 0 Å². The summed E-state index contributed by atoms with van der Waals surface area (Å²) >= 11 is 0. The Morgan fingerprint density at radius 1 is 0.508 bits per heavy atom. The van der Waals surface area contributed by atoms with Gasteiger partial charge in [0.05, 0.1) is 34.4 Å². The van der Waals surface area contributed by atoms with Gasteiger partial charge in [0, 0.05) is 19.3 Å². The van der Waals surface area contributed by atoms with Gasteiger partial charge in [-0.05, 0) is 70.6 Å². The van der Waals surface area contributed by atoms with E-state index >= 15 is 0 Å². The number of carboxylic acid groups (broad SMARTS) is 1. The SMILES string of the molecule is CC/C=C/C/C=C/C/C=C/CCCCCCCCCCCCCCCC(=O)OCC(COCCC(C(=O)O)[N+](C)(C)C)OC(=O)CCCCC/C=C/CCCCCCCCC. The van der Waals surface area contributed by atoms with Gasteiger partial charge in [-0.1, -0.05) is 178 Å². The number of likely N-dealkylation sites (N-methyl/N-ethyl adjacent to an activating group) is 1. The molecule has 0 saturated heterocycles. The van der Waals surface area contributed by atoms with E-state index in [9.17, 15) is 19.5 Å². The third-order valence-corrected chi connectivity index (χ3v) is 11.2. The van der Waals surface area contributed by atoms with Crippen molar-refractivity contribution >= 4 is 17.9 Å². The molecule has 0 aromatic heterocycles. The first-order valence-corrected chi connectivity index (χ1v) is 25.2. The first-order chi connectivity index (χ1) is 29.6. The highest BCUT2D eigenvalue weighted by atomic mass is 16.6. The summed E-state index contributed by atoms with van der Waals surface area (Å²) < 4.78 is 17.3. The number of aliphatic carboxylic acids is 1. The largest absolute Gasteiger partial charge is 0.477 e. The van der Waals surface area contributed by atoms with E-state index in [-0.39, 0.29) is 36.2 Å². The summed E-state index contributed by atoms with van der Waals surface area (Å²) in [6.45, 7) is 4.62. The van der Waals surface area contributed by atoms with E-state index < -0.39 is 18.1 Å². The smallest absolute Gasteiger partial charge is 0.362 e. The molecule has 0 spiro atoms. The van der Waals surface area contributed by atoms with Crippen LogP contribution in [0.3, 0.4) is 0 Å². The predicted molar refractivity (Wildman–Crippen MR) is 257 cm³/mol. The van der Waals surface area contributed by atoms with Crippen LogP contribution in [0.5, 0.6) is 0 Å². The van der Waals surface area contributed by atoms with Crippen LogP contribution in [-0.4, -0.2) is 80.6 Å². The van der Waals surface area contributed by atoms with Crippen LogP contribution in [0.25, 0.3) is 0 Å². The molecule has 0 radical (unpaired) electrons. The molecule has 0 aliphatic carbocycles. The molecule has 0 aliphatic heterocycles. The molecule has 2 unspecified atom stereocenters. The number of allylic oxidation sites excluding steroid dienone is 8. The van der Waals surface area contributed by atoms with E-state index in [1.807, 2.05) is 21.1 Å². The fraction of sp³-hybridized carbons (Fsp3) is 0.792. The average Bonchev–Trinajstić information content (AvgIpc) is 3.22. The lowest BCUT2D eigenvalue weighted by Crippen LogP contribution is -2.50. The molecule has 0 bridgehead atoms. The number of ether oxygens (including phenoxy) is 3. The van der Waals surface area contributed by atoms with Crippen molar-refractivity contribution in [1.82, 2.24) is 0 Å². The number of nitrogens with zero attached hydrogens (tertiary/aromatic N) is 1. The van der Waals surface area contributed by atoms with Gasteiger partial charge in [0.25, 0.3) is 0 Å². The van der Waals surface area contributed by atoms with Gasteiger partial charge in [0.15, 0.2) is 12.1 Å². The molecule has 61 heavy (non-hydrogen) atoms. The summed E-state index contributed by atoms with van der Waals surface area (Å²) in [6, 6.07) is -0.617. The predicted octanol–water partition coefficient (Wildman–Crippen LogP) is 14.4. The van der Waals surface area contributed by atoms with Crippen LogP contribution in [0, 0.1) is 0 Å². The lowest BCUT2D eigenvalue weighted by molar-refractivity contribution is -0.887. The Morgan fingerprint density at radius 3 is 1.39 bits per heavy atom. The molecule has 0 aromatic rings. The van der Waals surface area contributed by atoms with Crippen LogP contribution in [0.15, 0.2) is 48.6 Å². The summed E-state index contributed by atoms with van der Waals surface area (Å²) in [4.78, 5) is 37.1. The lowest BCUT2D eigenvalue weighted by Gasteiger charge is -2.31. The summed E-state index contributed by atoms with van der Waals surface area (Å²) in [5, 5.41) is 9.64. The minimum atomic E-state index is -0.876. The monoisotopic (exact) mass is 859 g/mol. The molecule has 0 heterocycles. The summed E-state index contributed by atoms with van der Waals surface area (Å²) in [6.07, 6.45) is 53.1. The van der Waals surface area contributed by atoms with Gasteiger partial charge in [0.2, 0.25) is 0 Å². The zero-order chi connectivity index (χ0) is 44.9. The zero-order valence-corrected chi connectivity index (χ0v) is 40.4. The van der Waals surface area contributed by atoms with Crippen LogP contribution >= 0.6 is 0 Å². The topological polar surface area (TPSA) is 99.1 Å². The number of quaternary nitrogens is 1. The van der Waals surface area contributed by atoms with Gasteiger partial charge in [-0.15, -0.1) is 0 Å². The van der Waals surface area contributed by atoms with Crippen molar-refractivity contribution in [2.45, 2.75) is 231 Å². The third-order valence-electron chi connectivity index (χ3n) is 11.2. The zero-order valence-electron chi connectivity index (χ0n) is 40.4. The second kappa shape index (κ2) is 43.9. The molecule has 0 aromatic carbocycles. The molecule has 0 aliphatic rings. The van der Waals surface area contributed by atoms with Crippen molar-refractivity contribution in [3.63, 3.8) is 0 Å². The van der Waals surface area contributed by atoms with E-state index in [4.69, 9.17) is 14.2 Å². The van der Waals surface area contributed by atoms with Crippen molar-refractivity contribution in [2.24, 2.45) is 0 Å². The molecule has 8 heteroatoms. The summed E-state index contributed by atoms with van der Waals surface area (Å²) in [7, 11) is 5.53. The molecule has 1 N–H and O–H groups in total. The van der Waals surface area contributed by atoms with Crippen molar-refractivity contribution in [2.75, 3.05) is 41.0 Å². The van der Waals surface area contributed by atoms with E-state index in [0.29, 0.717) is 19.3 Å². The second-order valence-corrected chi connectivity index (χ2v) is 18.0. The van der Waals surface area contributed by atoms with Gasteiger partial charge >= 0.3 is 17.9 Å². The van der Waals surface area contributed by atoms with Crippen molar-refractivity contribution in [1.29, 1.82) is 0 Å². The number of carbonyl (C=O) groups excluding carboxylic acids is 2. The summed E-state index contributed by atoms with van der Waals surface area (Å²) in [5.74, 6) is -1.48. The number of carboxylic acids is 1. The van der Waals surface area contributed by atoms with E-state index in [1.165, 1.54) is 116 Å². The fourth-order valence-corrected chi connectivity index (χ4v) is 7.34. The van der Waals surface area contributed by atoms with Crippen LogP contribution < -0.4 is 0 Å². The Kier molecular flexibility index (Phi) is 42.0. The van der Waals surface area contributed by atoms with E-state index in [0.717, 1.165) is 70.6 Å². The number of unbranched alkanes of at least 4 members (excludes halogenated alkanes) is 23. The Balaban J connectivity index is 4.20. The lowest BCUT2D eigenvalue weighted by atomic mass is 10.0. The van der Waals surface area contributed by atoms with E-state index in [1.54, 1.807) is 0 Å². The molecule has 354 valence electrons. The Hall–Kier alpha value is -2.71. The number of rotatable bonds is 45. The highest BCUT2D eigenvalue weighted by Crippen LogP contribution is 2.15. The first-order valence-electron chi connectivity index (χ1n) is 25.2. The summed E-state index contributed by atoms with van der Waals surface area (Å²) in [5.41, 5.74) is 0. The maximum atomic E-state index is 12.7. The Labute approximate surface area is 376 Å². The van der Waals surface area contributed by atoms with Crippen molar-refractivity contribution in [3.8, 4) is 0 Å². The van der Waals surface area contributed by atoms with Gasteiger partial charge in [-0.25, -0.2) is 4.79 Å². The van der Waals surface area contributed by atoms with Crippen LogP contribution in [0.1, 0.15) is 219 Å². The molecular formula is C53H96NO7+. The molecule has 8 nitrogen and oxygen atoms in total. The van der Waals surface area contributed by atoms with Gasteiger partial charge < -0.3 is 23.8 Å². The third kappa shape index (κ3) is 42.4. The quantitative estimate of drug-likeness (QED) is 0.0282. The van der Waals surface area contributed by atoms with Crippen LogP contribution in [0.2, 0.25) is 0 Å². The van der Waals surface area contributed by atoms with E-state index in [2.05, 4.69) is 62.5 Å². The van der Waals surface area contributed by atoms with Crippen LogP contribution in [-0.2, 0) is 28.6 Å². The first kappa shape index (κ1) is 58.3. The standard InChI is InChI=1S/C53H95NO7/c1-6-8-10-12-14-16-18-20-22-23-24-25-26-27-28-29-30-32-33-35-37-39-41-43-51(55)60-48-49(47-59-46-45-50(53(57)58)54(3,4)5)61-52(56)44-42-40-38-36-34-31-21-19-17-15-13-11-9-7-2/h8,10,14,16,20,22,31,34,49-50H,6-7,9,11-13,15,17-19,21,23-30,32-33,35-48H2,1-5H3/p+1/b10-8+,16-14+,22-20+,34-31+. The molecule has 0 rings (SSSR count). The highest BCUT2D eigenvalue weighted by molar-refractivity contribution is 5.72. The molecule has 2 atom stereocenters. The maximum Gasteiger partial charge on any atom is 0.362 e. The molecule has 0 fully saturated rings. The normalized spacial score (nSPS) is 13.3. The average molecular weight is 859 g/mol.